The van der Waals surface area contributed by atoms with Crippen LogP contribution >= 0.6 is 0 Å². The highest BCUT2D eigenvalue weighted by Gasteiger charge is 2.57. The zero-order chi connectivity index (χ0) is 14.5. The van der Waals surface area contributed by atoms with Crippen LogP contribution in [0.15, 0.2) is 0 Å². The van der Waals surface area contributed by atoms with Gasteiger partial charge in [0.15, 0.2) is 0 Å². The van der Waals surface area contributed by atoms with Crippen LogP contribution in [0.2, 0.25) is 0 Å². The van der Waals surface area contributed by atoms with Gasteiger partial charge in [0.25, 0.3) is 0 Å². The predicted molar refractivity (Wildman–Crippen MR) is 77.0 cm³/mol. The molecule has 1 saturated heterocycles. The molecule has 1 N–H and O–H groups in total. The maximum Gasteiger partial charge on any atom is 0.249 e. The van der Waals surface area contributed by atoms with Gasteiger partial charge in [-0.25, -0.2) is 0 Å². The van der Waals surface area contributed by atoms with Crippen LogP contribution in [0.3, 0.4) is 0 Å². The van der Waals surface area contributed by atoms with Gasteiger partial charge in [0.05, 0.1) is 0 Å². The van der Waals surface area contributed by atoms with Crippen molar-refractivity contribution in [1.82, 2.24) is 10.2 Å². The Bertz CT molecular complexity index is 426. The summed E-state index contributed by atoms with van der Waals surface area (Å²) < 4.78 is 0. The van der Waals surface area contributed by atoms with E-state index in [4.69, 9.17) is 0 Å². The van der Waals surface area contributed by atoms with Crippen molar-refractivity contribution in [2.45, 2.75) is 64.5 Å². The molecule has 2 aliphatic carbocycles. The second-order valence-corrected chi connectivity index (χ2v) is 7.43. The normalized spacial score (nSPS) is 34.6. The Morgan fingerprint density at radius 3 is 2.40 bits per heavy atom. The lowest BCUT2D eigenvalue weighted by molar-refractivity contribution is -0.156. The number of piperazine rings is 1. The van der Waals surface area contributed by atoms with Gasteiger partial charge in [-0.3, -0.25) is 9.59 Å². The SMILES string of the molecule is CC(C)CCN1C(=O)C(C)(C2CC2)NC(=O)C1C1CC1. The van der Waals surface area contributed by atoms with E-state index in [1.807, 2.05) is 11.8 Å². The van der Waals surface area contributed by atoms with Gasteiger partial charge in [-0.05, 0) is 56.8 Å². The number of hydrogen-bond acceptors (Lipinski definition) is 2. The first-order valence-corrected chi connectivity index (χ1v) is 8.06. The molecule has 1 heterocycles. The zero-order valence-electron chi connectivity index (χ0n) is 12.8. The Morgan fingerprint density at radius 1 is 1.25 bits per heavy atom. The zero-order valence-corrected chi connectivity index (χ0v) is 12.8. The molecule has 2 amide bonds. The van der Waals surface area contributed by atoms with Crippen molar-refractivity contribution < 1.29 is 9.59 Å². The van der Waals surface area contributed by atoms with Crippen molar-refractivity contribution in [3.05, 3.63) is 0 Å². The maximum atomic E-state index is 12.9. The molecule has 112 valence electrons. The molecule has 20 heavy (non-hydrogen) atoms. The summed E-state index contributed by atoms with van der Waals surface area (Å²) in [6.45, 7) is 6.99. The Balaban J connectivity index is 1.82. The van der Waals surface area contributed by atoms with E-state index < -0.39 is 5.54 Å². The Kier molecular flexibility index (Phi) is 3.30. The number of nitrogens with one attached hydrogen (secondary N) is 1. The fourth-order valence-corrected chi connectivity index (χ4v) is 3.41. The molecule has 1 aliphatic heterocycles. The third kappa shape index (κ3) is 2.33. The molecule has 0 aromatic carbocycles. The molecule has 3 fully saturated rings. The van der Waals surface area contributed by atoms with Crippen molar-refractivity contribution in [1.29, 1.82) is 0 Å². The number of amides is 2. The maximum absolute atomic E-state index is 12.9. The first-order chi connectivity index (χ1) is 9.43. The summed E-state index contributed by atoms with van der Waals surface area (Å²) in [5, 5.41) is 3.06. The predicted octanol–water partition coefficient (Wildman–Crippen LogP) is 1.94. The minimum atomic E-state index is -0.639. The van der Waals surface area contributed by atoms with Crippen LogP contribution in [0, 0.1) is 17.8 Å². The topological polar surface area (TPSA) is 49.4 Å². The Morgan fingerprint density at radius 2 is 1.90 bits per heavy atom. The Labute approximate surface area is 121 Å². The summed E-state index contributed by atoms with van der Waals surface area (Å²) in [7, 11) is 0. The van der Waals surface area contributed by atoms with Crippen LogP contribution in [0.5, 0.6) is 0 Å². The minimum absolute atomic E-state index is 0.0882. The molecule has 4 nitrogen and oxygen atoms in total. The highest BCUT2D eigenvalue weighted by atomic mass is 16.2. The van der Waals surface area contributed by atoms with Gasteiger partial charge in [-0.1, -0.05) is 13.8 Å². The van der Waals surface area contributed by atoms with Gasteiger partial charge in [-0.15, -0.1) is 0 Å². The van der Waals surface area contributed by atoms with Crippen LogP contribution in [0.4, 0.5) is 0 Å². The molecular weight excluding hydrogens is 252 g/mol. The van der Waals surface area contributed by atoms with Crippen LogP contribution in [-0.4, -0.2) is 34.8 Å². The lowest BCUT2D eigenvalue weighted by atomic mass is 9.88. The Hall–Kier alpha value is -1.06. The van der Waals surface area contributed by atoms with E-state index in [9.17, 15) is 9.59 Å². The standard InChI is InChI=1S/C16H26N2O2/c1-10(2)8-9-18-13(11-4-5-11)14(19)17-16(3,15(18)20)12-6-7-12/h10-13H,4-9H2,1-3H3,(H,17,19). The van der Waals surface area contributed by atoms with Gasteiger partial charge in [0.1, 0.15) is 11.6 Å². The van der Waals surface area contributed by atoms with Crippen LogP contribution < -0.4 is 5.32 Å². The lowest BCUT2D eigenvalue weighted by Crippen LogP contribution is -2.70. The van der Waals surface area contributed by atoms with E-state index >= 15 is 0 Å². The second-order valence-electron chi connectivity index (χ2n) is 7.43. The average Bonchev–Trinajstić information content (AvgIpc) is 3.24. The van der Waals surface area contributed by atoms with Gasteiger partial charge < -0.3 is 10.2 Å². The smallest absolute Gasteiger partial charge is 0.249 e. The number of carbonyl (C=O) groups is 2. The van der Waals surface area contributed by atoms with Crippen LogP contribution in [0.1, 0.15) is 52.9 Å². The molecule has 3 aliphatic rings. The number of rotatable bonds is 5. The van der Waals surface area contributed by atoms with E-state index in [2.05, 4.69) is 19.2 Å². The average molecular weight is 278 g/mol. The quantitative estimate of drug-likeness (QED) is 0.835. The summed E-state index contributed by atoms with van der Waals surface area (Å²) in [6, 6.07) is -0.201. The van der Waals surface area contributed by atoms with E-state index in [0.717, 1.165) is 38.6 Å². The molecule has 2 saturated carbocycles. The third-order valence-electron chi connectivity index (χ3n) is 5.10. The number of hydrogen-bond donors (Lipinski definition) is 1. The first-order valence-electron chi connectivity index (χ1n) is 8.06. The van der Waals surface area contributed by atoms with Crippen LogP contribution in [0.25, 0.3) is 0 Å². The van der Waals surface area contributed by atoms with E-state index in [0.29, 0.717) is 17.8 Å². The summed E-state index contributed by atoms with van der Waals surface area (Å²) in [6.07, 6.45) is 5.28. The summed E-state index contributed by atoms with van der Waals surface area (Å²) >= 11 is 0. The summed E-state index contributed by atoms with van der Waals surface area (Å²) in [5.74, 6) is 1.55. The van der Waals surface area contributed by atoms with Crippen molar-refractivity contribution >= 4 is 11.8 Å². The van der Waals surface area contributed by atoms with Crippen molar-refractivity contribution in [3.8, 4) is 0 Å². The van der Waals surface area contributed by atoms with Crippen molar-refractivity contribution in [3.63, 3.8) is 0 Å². The molecule has 0 spiro atoms. The fourth-order valence-electron chi connectivity index (χ4n) is 3.41. The number of nitrogens with zero attached hydrogens (tertiary/aromatic N) is 1. The number of carbonyl (C=O) groups excluding carboxylic acids is 2. The van der Waals surface area contributed by atoms with Gasteiger partial charge >= 0.3 is 0 Å². The molecule has 0 aromatic heterocycles. The highest BCUT2D eigenvalue weighted by molar-refractivity contribution is 6.00. The molecular formula is C16H26N2O2. The van der Waals surface area contributed by atoms with Crippen molar-refractivity contribution in [2.75, 3.05) is 6.54 Å². The first kappa shape index (κ1) is 13.9. The van der Waals surface area contributed by atoms with Crippen LogP contribution in [-0.2, 0) is 9.59 Å². The molecule has 0 bridgehead atoms. The van der Waals surface area contributed by atoms with E-state index in [1.165, 1.54) is 0 Å². The monoisotopic (exact) mass is 278 g/mol. The summed E-state index contributed by atoms with van der Waals surface area (Å²) in [4.78, 5) is 27.4. The minimum Gasteiger partial charge on any atom is -0.340 e. The molecule has 4 heteroatoms. The third-order valence-corrected chi connectivity index (χ3v) is 5.10. The van der Waals surface area contributed by atoms with Gasteiger partial charge in [0.2, 0.25) is 11.8 Å². The molecule has 0 radical (unpaired) electrons. The summed E-state index contributed by atoms with van der Waals surface area (Å²) in [5.41, 5.74) is -0.639. The molecule has 3 rings (SSSR count). The highest BCUT2D eigenvalue weighted by Crippen LogP contribution is 2.45. The molecule has 2 unspecified atom stereocenters. The van der Waals surface area contributed by atoms with E-state index in [1.54, 1.807) is 0 Å². The molecule has 2 atom stereocenters. The largest absolute Gasteiger partial charge is 0.340 e. The molecule has 0 aromatic rings. The lowest BCUT2D eigenvalue weighted by Gasteiger charge is -2.45. The second kappa shape index (κ2) is 4.74. The fraction of sp³-hybridized carbons (Fsp3) is 0.875. The van der Waals surface area contributed by atoms with Gasteiger partial charge in [0, 0.05) is 6.54 Å². The van der Waals surface area contributed by atoms with Gasteiger partial charge in [-0.2, -0.15) is 0 Å². The van der Waals surface area contributed by atoms with Crippen molar-refractivity contribution in [2.24, 2.45) is 17.8 Å². The van der Waals surface area contributed by atoms with E-state index in [-0.39, 0.29) is 17.9 Å².